The molecule has 7 nitrogen and oxygen atoms in total. The van der Waals surface area contributed by atoms with Crippen LogP contribution in [0.15, 0.2) is 28.5 Å². The summed E-state index contributed by atoms with van der Waals surface area (Å²) in [5, 5.41) is 20.1. The summed E-state index contributed by atoms with van der Waals surface area (Å²) in [7, 11) is 0. The second-order valence-electron chi connectivity index (χ2n) is 7.50. The van der Waals surface area contributed by atoms with Crippen molar-refractivity contribution in [1.82, 2.24) is 4.57 Å². The molecule has 4 N–H and O–H groups in total. The Bertz CT molecular complexity index is 1110. The zero-order valence-corrected chi connectivity index (χ0v) is 15.6. The highest BCUT2D eigenvalue weighted by Gasteiger charge is 2.31. The zero-order chi connectivity index (χ0) is 20.9. The molecule has 9 heteroatoms. The van der Waals surface area contributed by atoms with Crippen molar-refractivity contribution in [3.8, 4) is 5.75 Å². The van der Waals surface area contributed by atoms with Crippen molar-refractivity contribution in [3.63, 3.8) is 0 Å². The lowest BCUT2D eigenvalue weighted by atomic mass is 10.0. The van der Waals surface area contributed by atoms with Gasteiger partial charge in [-0.1, -0.05) is 0 Å². The number of aromatic carboxylic acids is 1. The number of carboxylic acids is 1. The second-order valence-corrected chi connectivity index (χ2v) is 7.50. The molecule has 0 atom stereocenters. The molecule has 1 saturated carbocycles. The summed E-state index contributed by atoms with van der Waals surface area (Å²) < 4.78 is 30.5. The predicted molar refractivity (Wildman–Crippen MR) is 104 cm³/mol. The number of hydrogen-bond acceptors (Lipinski definition) is 5. The first kappa shape index (κ1) is 19.4. The van der Waals surface area contributed by atoms with Gasteiger partial charge in [-0.05, 0) is 37.3 Å². The molecule has 0 amide bonds. The van der Waals surface area contributed by atoms with Crippen molar-refractivity contribution >= 4 is 22.6 Å². The monoisotopic (exact) mass is 405 g/mol. The highest BCUT2D eigenvalue weighted by atomic mass is 19.1. The molecule has 0 bridgehead atoms. The number of phenols is 1. The van der Waals surface area contributed by atoms with Crippen LogP contribution < -0.4 is 16.1 Å². The molecule has 2 aliphatic rings. The van der Waals surface area contributed by atoms with Crippen LogP contribution in [-0.2, 0) is 0 Å². The van der Waals surface area contributed by atoms with Crippen LogP contribution in [0.2, 0.25) is 0 Å². The number of phenolic OH excluding ortho intramolecular Hbond substituents is 1. The average Bonchev–Trinajstić information content (AvgIpc) is 3.53. The highest BCUT2D eigenvalue weighted by molar-refractivity contribution is 5.97. The summed E-state index contributed by atoms with van der Waals surface area (Å²) in [6, 6.07) is 0.905. The number of fused-ring (bicyclic) bond motifs is 1. The van der Waals surface area contributed by atoms with Gasteiger partial charge in [0.05, 0.1) is 10.9 Å². The first-order valence-electron chi connectivity index (χ1n) is 9.48. The summed E-state index contributed by atoms with van der Waals surface area (Å²) in [5.41, 5.74) is 4.51. The Morgan fingerprint density at radius 3 is 2.69 bits per heavy atom. The second kappa shape index (κ2) is 7.14. The summed E-state index contributed by atoms with van der Waals surface area (Å²) in [6.07, 6.45) is 3.81. The number of pyridine rings is 1. The molecule has 1 aliphatic heterocycles. The number of carbonyl (C=O) groups is 1. The molecular formula is C20H21F2N3O4. The lowest BCUT2D eigenvalue weighted by molar-refractivity contribution is 0.0694. The molecule has 2 fully saturated rings. The summed E-state index contributed by atoms with van der Waals surface area (Å²) >= 11 is 0. The van der Waals surface area contributed by atoms with Crippen LogP contribution >= 0.6 is 0 Å². The van der Waals surface area contributed by atoms with E-state index in [4.69, 9.17) is 5.73 Å². The summed E-state index contributed by atoms with van der Waals surface area (Å²) in [4.78, 5) is 25.6. The van der Waals surface area contributed by atoms with Gasteiger partial charge in [-0.15, -0.1) is 0 Å². The Labute approximate surface area is 164 Å². The van der Waals surface area contributed by atoms with Crippen molar-refractivity contribution < 1.29 is 23.8 Å². The lowest BCUT2D eigenvalue weighted by Crippen LogP contribution is -2.33. The first-order chi connectivity index (χ1) is 13.8. The van der Waals surface area contributed by atoms with E-state index < -0.39 is 34.4 Å². The Hall–Kier alpha value is -2.94. The standard InChI is InChI=1S/C20H21F2N3O4/c21-14-6-12-16(25(11-3-4-11)9-13(18(12)26)20(28)29)19(27)17(14)24-5-1-2-10(8-24)15(22)7-23/h6,9,11,27H,1-5,7-8,23H2,(H,28,29)/b15-10+. The average molecular weight is 405 g/mol. The Morgan fingerprint density at radius 2 is 2.07 bits per heavy atom. The molecule has 0 unspecified atom stereocenters. The highest BCUT2D eigenvalue weighted by Crippen LogP contribution is 2.43. The van der Waals surface area contributed by atoms with Crippen LogP contribution in [0.1, 0.15) is 42.1 Å². The van der Waals surface area contributed by atoms with Crippen molar-refractivity contribution in [2.24, 2.45) is 5.73 Å². The quantitative estimate of drug-likeness (QED) is 0.722. The van der Waals surface area contributed by atoms with E-state index in [0.29, 0.717) is 25.0 Å². The number of nitrogens with two attached hydrogens (primary N) is 1. The summed E-state index contributed by atoms with van der Waals surface area (Å²) in [6.45, 7) is 0.243. The molecule has 0 radical (unpaired) electrons. The molecule has 0 spiro atoms. The van der Waals surface area contributed by atoms with E-state index in [1.54, 1.807) is 4.57 Å². The van der Waals surface area contributed by atoms with Gasteiger partial charge in [-0.25, -0.2) is 13.6 Å². The minimum Gasteiger partial charge on any atom is -0.504 e. The fourth-order valence-corrected chi connectivity index (χ4v) is 3.98. The van der Waals surface area contributed by atoms with Crippen LogP contribution in [0.5, 0.6) is 5.75 Å². The number of halogens is 2. The third-order valence-corrected chi connectivity index (χ3v) is 5.55. The molecule has 1 aromatic carbocycles. The fraction of sp³-hybridized carbons (Fsp3) is 0.400. The zero-order valence-electron chi connectivity index (χ0n) is 15.6. The van der Waals surface area contributed by atoms with Gasteiger partial charge in [-0.3, -0.25) is 4.79 Å². The molecule has 29 heavy (non-hydrogen) atoms. The van der Waals surface area contributed by atoms with Gasteiger partial charge in [0.2, 0.25) is 5.43 Å². The topological polar surface area (TPSA) is 109 Å². The largest absolute Gasteiger partial charge is 0.504 e. The van der Waals surface area contributed by atoms with Crippen LogP contribution in [-0.4, -0.2) is 40.4 Å². The van der Waals surface area contributed by atoms with Crippen LogP contribution in [0.4, 0.5) is 14.5 Å². The van der Waals surface area contributed by atoms with E-state index in [-0.39, 0.29) is 35.7 Å². The van der Waals surface area contributed by atoms with Gasteiger partial charge in [0.15, 0.2) is 11.6 Å². The number of aromatic hydroxyl groups is 1. The number of hydrogen-bond donors (Lipinski definition) is 3. The third-order valence-electron chi connectivity index (χ3n) is 5.55. The van der Waals surface area contributed by atoms with Crippen molar-refractivity contribution in [2.45, 2.75) is 31.7 Å². The van der Waals surface area contributed by atoms with Crippen LogP contribution in [0.25, 0.3) is 10.9 Å². The smallest absolute Gasteiger partial charge is 0.341 e. The fourth-order valence-electron chi connectivity index (χ4n) is 3.98. The van der Waals surface area contributed by atoms with E-state index in [1.807, 2.05) is 0 Å². The summed E-state index contributed by atoms with van der Waals surface area (Å²) in [5.74, 6) is -3.14. The van der Waals surface area contributed by atoms with Gasteiger partial charge in [0, 0.05) is 31.9 Å². The van der Waals surface area contributed by atoms with Gasteiger partial charge >= 0.3 is 5.97 Å². The molecule has 1 aliphatic carbocycles. The molecular weight excluding hydrogens is 384 g/mol. The van der Waals surface area contributed by atoms with E-state index in [1.165, 1.54) is 11.1 Å². The van der Waals surface area contributed by atoms with E-state index in [0.717, 1.165) is 18.9 Å². The first-order valence-corrected chi connectivity index (χ1v) is 9.48. The van der Waals surface area contributed by atoms with Crippen LogP contribution in [0, 0.1) is 5.82 Å². The molecule has 1 saturated heterocycles. The molecule has 1 aromatic heterocycles. The Kier molecular flexibility index (Phi) is 4.77. The van der Waals surface area contributed by atoms with Gasteiger partial charge in [0.25, 0.3) is 0 Å². The molecule has 2 heterocycles. The normalized spacial score (nSPS) is 18.9. The maximum absolute atomic E-state index is 15.0. The van der Waals surface area contributed by atoms with Crippen molar-refractivity contribution in [2.75, 3.05) is 24.5 Å². The van der Waals surface area contributed by atoms with E-state index in [9.17, 15) is 24.2 Å². The van der Waals surface area contributed by atoms with Crippen molar-refractivity contribution in [3.05, 3.63) is 45.3 Å². The maximum Gasteiger partial charge on any atom is 0.341 e. The lowest BCUT2D eigenvalue weighted by Gasteiger charge is -2.32. The number of anilines is 1. The minimum absolute atomic E-state index is 0.0630. The van der Waals surface area contributed by atoms with Crippen molar-refractivity contribution in [1.29, 1.82) is 0 Å². The van der Waals surface area contributed by atoms with Gasteiger partial charge < -0.3 is 25.4 Å². The number of aromatic nitrogens is 1. The Balaban J connectivity index is 1.93. The predicted octanol–water partition coefficient (Wildman–Crippen LogP) is 2.66. The van der Waals surface area contributed by atoms with Crippen LogP contribution in [0.3, 0.4) is 0 Å². The number of nitrogens with zero attached hydrogens (tertiary/aromatic N) is 2. The van der Waals surface area contributed by atoms with Gasteiger partial charge in [-0.2, -0.15) is 0 Å². The number of carboxylic acid groups (broad SMARTS) is 1. The van der Waals surface area contributed by atoms with E-state index >= 15 is 4.39 Å². The third kappa shape index (κ3) is 3.25. The molecule has 154 valence electrons. The number of benzene rings is 1. The SMILES string of the molecule is NC/C(F)=C1/CCCN(c2c(F)cc3c(=O)c(C(=O)O)cn(C4CC4)c3c2O)C1. The molecule has 2 aromatic rings. The van der Waals surface area contributed by atoms with Gasteiger partial charge in [0.1, 0.15) is 17.1 Å². The molecule has 4 rings (SSSR count). The maximum atomic E-state index is 15.0. The minimum atomic E-state index is -1.40. The number of rotatable bonds is 4. The Morgan fingerprint density at radius 1 is 1.34 bits per heavy atom. The number of piperidine rings is 1. The van der Waals surface area contributed by atoms with E-state index in [2.05, 4.69) is 0 Å².